The van der Waals surface area contributed by atoms with Crippen LogP contribution in [-0.4, -0.2) is 32.4 Å². The van der Waals surface area contributed by atoms with Gasteiger partial charge in [-0.15, -0.1) is 0 Å². The first-order valence-corrected chi connectivity index (χ1v) is 7.33. The summed E-state index contributed by atoms with van der Waals surface area (Å²) >= 11 is 1.60. The molecule has 0 aromatic carbocycles. The number of aliphatic hydroxyl groups is 1. The lowest BCUT2D eigenvalue weighted by molar-refractivity contribution is 0.295. The number of nitrogens with one attached hydrogen (secondary N) is 1. The lowest BCUT2D eigenvalue weighted by Crippen LogP contribution is -2.28. The smallest absolute Gasteiger partial charge is 0.211 e. The van der Waals surface area contributed by atoms with E-state index in [-0.39, 0.29) is 18.8 Å². The van der Waals surface area contributed by atoms with Crippen molar-refractivity contribution in [2.24, 2.45) is 0 Å². The number of thiophene rings is 1. The van der Waals surface area contributed by atoms with Crippen molar-refractivity contribution in [3.05, 3.63) is 22.4 Å². The number of hydrogen-bond acceptors (Lipinski definition) is 4. The molecule has 0 bridgehead atoms. The maximum atomic E-state index is 11.3. The van der Waals surface area contributed by atoms with Crippen LogP contribution in [0.2, 0.25) is 0 Å². The lowest BCUT2D eigenvalue weighted by atomic mass is 10.2. The third-order valence-electron chi connectivity index (χ3n) is 1.89. The van der Waals surface area contributed by atoms with Gasteiger partial charge >= 0.3 is 0 Å². The van der Waals surface area contributed by atoms with Gasteiger partial charge in [-0.25, -0.2) is 13.1 Å². The van der Waals surface area contributed by atoms with Crippen LogP contribution in [-0.2, 0) is 16.4 Å². The Labute approximate surface area is 94.0 Å². The molecule has 6 heteroatoms. The molecule has 2 N–H and O–H groups in total. The SMILES string of the molecule is O=S(=O)(CCCO)NCCc1ccsc1. The Balaban J connectivity index is 2.24. The second kappa shape index (κ2) is 6.22. The van der Waals surface area contributed by atoms with E-state index in [9.17, 15) is 8.42 Å². The predicted molar refractivity (Wildman–Crippen MR) is 61.5 cm³/mol. The van der Waals surface area contributed by atoms with Gasteiger partial charge in [-0.2, -0.15) is 11.3 Å². The highest BCUT2D eigenvalue weighted by Crippen LogP contribution is 2.05. The zero-order valence-corrected chi connectivity index (χ0v) is 9.98. The molecule has 1 aromatic heterocycles. The highest BCUT2D eigenvalue weighted by atomic mass is 32.2. The number of sulfonamides is 1. The van der Waals surface area contributed by atoms with E-state index in [0.717, 1.165) is 5.56 Å². The molecule has 1 aromatic rings. The first-order valence-electron chi connectivity index (χ1n) is 4.73. The average Bonchev–Trinajstić information content (AvgIpc) is 2.67. The summed E-state index contributed by atoms with van der Waals surface area (Å²) in [5.41, 5.74) is 1.14. The van der Waals surface area contributed by atoms with Crippen molar-refractivity contribution in [3.63, 3.8) is 0 Å². The third kappa shape index (κ3) is 5.27. The molecule has 0 amide bonds. The Hall–Kier alpha value is -0.430. The molecule has 1 heterocycles. The molecule has 0 atom stereocenters. The second-order valence-corrected chi connectivity index (χ2v) is 5.88. The Kier molecular flexibility index (Phi) is 5.24. The zero-order chi connectivity index (χ0) is 11.1. The van der Waals surface area contributed by atoms with Crippen LogP contribution in [0.1, 0.15) is 12.0 Å². The maximum absolute atomic E-state index is 11.3. The van der Waals surface area contributed by atoms with E-state index < -0.39 is 10.0 Å². The van der Waals surface area contributed by atoms with Crippen LogP contribution in [0.3, 0.4) is 0 Å². The fraction of sp³-hybridized carbons (Fsp3) is 0.556. The van der Waals surface area contributed by atoms with Gasteiger partial charge in [-0.3, -0.25) is 0 Å². The summed E-state index contributed by atoms with van der Waals surface area (Å²) < 4.78 is 25.1. The number of aliphatic hydroxyl groups excluding tert-OH is 1. The van der Waals surface area contributed by atoms with E-state index in [1.165, 1.54) is 0 Å². The summed E-state index contributed by atoms with van der Waals surface area (Å²) in [7, 11) is -3.20. The summed E-state index contributed by atoms with van der Waals surface area (Å²) in [5.74, 6) is -0.00681. The predicted octanol–water partition coefficient (Wildman–Crippen LogP) is 0.592. The largest absolute Gasteiger partial charge is 0.396 e. The minimum atomic E-state index is -3.20. The van der Waals surface area contributed by atoms with Crippen molar-refractivity contribution in [2.75, 3.05) is 18.9 Å². The Morgan fingerprint density at radius 2 is 2.27 bits per heavy atom. The van der Waals surface area contributed by atoms with Gasteiger partial charge in [0.05, 0.1) is 5.75 Å². The van der Waals surface area contributed by atoms with Gasteiger partial charge in [0.2, 0.25) is 10.0 Å². The van der Waals surface area contributed by atoms with Crippen LogP contribution in [0.5, 0.6) is 0 Å². The first-order chi connectivity index (χ1) is 7.14. The minimum Gasteiger partial charge on any atom is -0.396 e. The van der Waals surface area contributed by atoms with Crippen molar-refractivity contribution in [1.82, 2.24) is 4.72 Å². The standard InChI is InChI=1S/C9H15NO3S2/c11-5-1-7-15(12,13)10-4-2-9-3-6-14-8-9/h3,6,8,10-11H,1-2,4-5,7H2. The molecule has 0 unspecified atom stereocenters. The molecule has 0 saturated heterocycles. The zero-order valence-electron chi connectivity index (χ0n) is 8.35. The van der Waals surface area contributed by atoms with Gasteiger partial charge in [0.1, 0.15) is 0 Å². The van der Waals surface area contributed by atoms with Crippen LogP contribution in [0.25, 0.3) is 0 Å². The third-order valence-corrected chi connectivity index (χ3v) is 4.09. The summed E-state index contributed by atoms with van der Waals surface area (Å²) in [6.07, 6.45) is 0.996. The van der Waals surface area contributed by atoms with E-state index in [0.29, 0.717) is 13.0 Å². The molecule has 0 aliphatic rings. The second-order valence-electron chi connectivity index (χ2n) is 3.17. The van der Waals surface area contributed by atoms with Gasteiger partial charge in [0, 0.05) is 13.2 Å². The summed E-state index contributed by atoms with van der Waals surface area (Å²) in [5, 5.41) is 12.5. The van der Waals surface area contributed by atoms with Gasteiger partial charge in [-0.1, -0.05) is 0 Å². The Bertz CT molecular complexity index is 359. The van der Waals surface area contributed by atoms with Gasteiger partial charge in [0.15, 0.2) is 0 Å². The fourth-order valence-electron chi connectivity index (χ4n) is 1.11. The monoisotopic (exact) mass is 249 g/mol. The highest BCUT2D eigenvalue weighted by molar-refractivity contribution is 7.89. The van der Waals surface area contributed by atoms with Crippen molar-refractivity contribution in [2.45, 2.75) is 12.8 Å². The normalized spacial score (nSPS) is 11.8. The molecule has 4 nitrogen and oxygen atoms in total. The topological polar surface area (TPSA) is 66.4 Å². The molecule has 0 aliphatic heterocycles. The molecular formula is C9H15NO3S2. The van der Waals surface area contributed by atoms with Crippen molar-refractivity contribution in [1.29, 1.82) is 0 Å². The van der Waals surface area contributed by atoms with E-state index in [2.05, 4.69) is 4.72 Å². The van der Waals surface area contributed by atoms with Crippen molar-refractivity contribution in [3.8, 4) is 0 Å². The van der Waals surface area contributed by atoms with E-state index >= 15 is 0 Å². The molecule has 0 aliphatic carbocycles. The molecule has 86 valence electrons. The van der Waals surface area contributed by atoms with Gasteiger partial charge in [-0.05, 0) is 35.2 Å². The molecule has 0 spiro atoms. The van der Waals surface area contributed by atoms with E-state index in [4.69, 9.17) is 5.11 Å². The molecule has 15 heavy (non-hydrogen) atoms. The average molecular weight is 249 g/mol. The molecule has 0 radical (unpaired) electrons. The summed E-state index contributed by atoms with van der Waals surface area (Å²) in [6, 6.07) is 1.98. The van der Waals surface area contributed by atoms with Crippen molar-refractivity contribution >= 4 is 21.4 Å². The van der Waals surface area contributed by atoms with Crippen LogP contribution in [0.15, 0.2) is 16.8 Å². The molecule has 1 rings (SSSR count). The van der Waals surface area contributed by atoms with Gasteiger partial charge in [0.25, 0.3) is 0 Å². The fourth-order valence-corrected chi connectivity index (χ4v) is 2.88. The minimum absolute atomic E-state index is 0.00681. The molecule has 0 saturated carbocycles. The van der Waals surface area contributed by atoms with Crippen LogP contribution >= 0.6 is 11.3 Å². The van der Waals surface area contributed by atoms with Crippen LogP contribution in [0.4, 0.5) is 0 Å². The Morgan fingerprint density at radius 3 is 2.87 bits per heavy atom. The number of rotatable bonds is 7. The molecule has 0 fully saturated rings. The van der Waals surface area contributed by atoms with E-state index in [1.807, 2.05) is 16.8 Å². The summed E-state index contributed by atoms with van der Waals surface area (Å²) in [4.78, 5) is 0. The number of hydrogen-bond donors (Lipinski definition) is 2. The summed E-state index contributed by atoms with van der Waals surface area (Å²) in [6.45, 7) is 0.329. The maximum Gasteiger partial charge on any atom is 0.211 e. The highest BCUT2D eigenvalue weighted by Gasteiger charge is 2.08. The first kappa shape index (κ1) is 12.6. The van der Waals surface area contributed by atoms with Gasteiger partial charge < -0.3 is 5.11 Å². The van der Waals surface area contributed by atoms with Crippen molar-refractivity contribution < 1.29 is 13.5 Å². The lowest BCUT2D eigenvalue weighted by Gasteiger charge is -2.04. The van der Waals surface area contributed by atoms with Crippen LogP contribution < -0.4 is 4.72 Å². The van der Waals surface area contributed by atoms with E-state index in [1.54, 1.807) is 11.3 Å². The van der Waals surface area contributed by atoms with Crippen LogP contribution in [0, 0.1) is 0 Å². The quantitative estimate of drug-likeness (QED) is 0.743. The Morgan fingerprint density at radius 1 is 1.47 bits per heavy atom. The molecular weight excluding hydrogens is 234 g/mol.